The highest BCUT2D eigenvalue weighted by atomic mass is 19.1. The zero-order valence-electron chi connectivity index (χ0n) is 12.3. The van der Waals surface area contributed by atoms with E-state index in [1.165, 1.54) is 24.3 Å². The van der Waals surface area contributed by atoms with Gasteiger partial charge in [0.15, 0.2) is 0 Å². The average molecular weight is 293 g/mol. The van der Waals surface area contributed by atoms with E-state index in [1.807, 2.05) is 0 Å². The van der Waals surface area contributed by atoms with Crippen molar-refractivity contribution in [3.63, 3.8) is 0 Å². The molecule has 5 nitrogen and oxygen atoms in total. The Kier molecular flexibility index (Phi) is 4.27. The molecule has 0 atom stereocenters. The molecule has 1 aliphatic heterocycles. The summed E-state index contributed by atoms with van der Waals surface area (Å²) >= 11 is 0. The number of carbonyl (C=O) groups is 2. The zero-order valence-corrected chi connectivity index (χ0v) is 12.3. The summed E-state index contributed by atoms with van der Waals surface area (Å²) in [5.74, 6) is -0.627. The Hall–Kier alpha value is -1.95. The van der Waals surface area contributed by atoms with Crippen LogP contribution in [0.5, 0.6) is 0 Å². The number of piperazine rings is 1. The summed E-state index contributed by atoms with van der Waals surface area (Å²) in [6, 6.07) is 5.48. The Bertz CT molecular complexity index is 529. The summed E-state index contributed by atoms with van der Waals surface area (Å²) in [7, 11) is 0. The molecule has 1 fully saturated rings. The lowest BCUT2D eigenvalue weighted by atomic mass is 10.0. The van der Waals surface area contributed by atoms with E-state index >= 15 is 0 Å². The van der Waals surface area contributed by atoms with Gasteiger partial charge in [0.2, 0.25) is 5.91 Å². The predicted octanol–water partition coefficient (Wildman–Crippen LogP) is 0.847. The van der Waals surface area contributed by atoms with Crippen molar-refractivity contribution < 1.29 is 14.0 Å². The number of rotatable bonds is 2. The number of hydrogen-bond acceptors (Lipinski definition) is 3. The molecule has 0 aliphatic carbocycles. The molecule has 0 bridgehead atoms. The minimum atomic E-state index is -0.900. The molecule has 2 amide bonds. The van der Waals surface area contributed by atoms with Crippen molar-refractivity contribution in [2.75, 3.05) is 26.2 Å². The van der Waals surface area contributed by atoms with Gasteiger partial charge in [0, 0.05) is 31.7 Å². The Morgan fingerprint density at radius 1 is 1.05 bits per heavy atom. The first-order chi connectivity index (χ1) is 9.79. The van der Waals surface area contributed by atoms with Crippen LogP contribution in [0.2, 0.25) is 0 Å². The maximum atomic E-state index is 12.9. The van der Waals surface area contributed by atoms with E-state index in [4.69, 9.17) is 5.73 Å². The fourth-order valence-corrected chi connectivity index (χ4v) is 2.30. The van der Waals surface area contributed by atoms with Crippen molar-refractivity contribution >= 4 is 11.8 Å². The van der Waals surface area contributed by atoms with Crippen molar-refractivity contribution in [2.45, 2.75) is 19.4 Å². The van der Waals surface area contributed by atoms with Gasteiger partial charge in [0.1, 0.15) is 5.82 Å². The Labute approximate surface area is 123 Å². The van der Waals surface area contributed by atoms with Crippen LogP contribution in [0, 0.1) is 5.82 Å². The van der Waals surface area contributed by atoms with Crippen molar-refractivity contribution in [3.8, 4) is 0 Å². The van der Waals surface area contributed by atoms with Gasteiger partial charge >= 0.3 is 0 Å². The fourth-order valence-electron chi connectivity index (χ4n) is 2.30. The summed E-state index contributed by atoms with van der Waals surface area (Å²) in [5, 5.41) is 0. The van der Waals surface area contributed by atoms with Gasteiger partial charge in [-0.3, -0.25) is 9.59 Å². The quantitative estimate of drug-likeness (QED) is 0.879. The largest absolute Gasteiger partial charge is 0.338 e. The highest BCUT2D eigenvalue weighted by molar-refractivity contribution is 5.94. The molecule has 1 aromatic rings. The molecule has 0 aromatic heterocycles. The van der Waals surface area contributed by atoms with Crippen LogP contribution in [0.15, 0.2) is 24.3 Å². The van der Waals surface area contributed by atoms with Crippen LogP contribution < -0.4 is 5.73 Å². The predicted molar refractivity (Wildman–Crippen MR) is 77.1 cm³/mol. The summed E-state index contributed by atoms with van der Waals surface area (Å²) in [5.41, 5.74) is 5.36. The lowest BCUT2D eigenvalue weighted by Crippen LogP contribution is -2.57. The van der Waals surface area contributed by atoms with Gasteiger partial charge in [-0.1, -0.05) is 0 Å². The Balaban J connectivity index is 1.96. The number of nitrogens with zero attached hydrogens (tertiary/aromatic N) is 2. The van der Waals surface area contributed by atoms with E-state index < -0.39 is 5.54 Å². The molecule has 6 heteroatoms. The molecule has 2 rings (SSSR count). The van der Waals surface area contributed by atoms with Crippen LogP contribution in [0.25, 0.3) is 0 Å². The number of halogens is 1. The Morgan fingerprint density at radius 3 is 2.00 bits per heavy atom. The molecule has 1 heterocycles. The van der Waals surface area contributed by atoms with Crippen LogP contribution in [0.1, 0.15) is 24.2 Å². The molecule has 1 aromatic carbocycles. The van der Waals surface area contributed by atoms with Crippen molar-refractivity contribution in [1.29, 1.82) is 0 Å². The fraction of sp³-hybridized carbons (Fsp3) is 0.467. The van der Waals surface area contributed by atoms with E-state index in [2.05, 4.69) is 0 Å². The number of benzene rings is 1. The van der Waals surface area contributed by atoms with Gasteiger partial charge in [-0.05, 0) is 38.1 Å². The first-order valence-electron chi connectivity index (χ1n) is 6.92. The third kappa shape index (κ3) is 3.58. The number of hydrogen-bond donors (Lipinski definition) is 1. The first-order valence-corrected chi connectivity index (χ1v) is 6.92. The van der Waals surface area contributed by atoms with E-state index in [-0.39, 0.29) is 17.6 Å². The van der Waals surface area contributed by atoms with Crippen LogP contribution >= 0.6 is 0 Å². The monoisotopic (exact) mass is 293 g/mol. The minimum absolute atomic E-state index is 0.114. The van der Waals surface area contributed by atoms with E-state index in [9.17, 15) is 14.0 Å². The topological polar surface area (TPSA) is 66.6 Å². The van der Waals surface area contributed by atoms with Crippen LogP contribution in [-0.2, 0) is 4.79 Å². The summed E-state index contributed by atoms with van der Waals surface area (Å²) in [4.78, 5) is 27.7. The van der Waals surface area contributed by atoms with E-state index in [1.54, 1.807) is 23.6 Å². The van der Waals surface area contributed by atoms with E-state index in [0.717, 1.165) is 0 Å². The van der Waals surface area contributed by atoms with Gasteiger partial charge in [-0.25, -0.2) is 4.39 Å². The van der Waals surface area contributed by atoms with Gasteiger partial charge in [0.05, 0.1) is 5.54 Å². The summed E-state index contributed by atoms with van der Waals surface area (Å²) < 4.78 is 12.9. The number of carbonyl (C=O) groups excluding carboxylic acids is 2. The zero-order chi connectivity index (χ0) is 15.6. The Morgan fingerprint density at radius 2 is 1.52 bits per heavy atom. The molecule has 2 N–H and O–H groups in total. The molecular formula is C15H20FN3O2. The lowest BCUT2D eigenvalue weighted by molar-refractivity contribution is -0.137. The van der Waals surface area contributed by atoms with Gasteiger partial charge in [-0.15, -0.1) is 0 Å². The molecular weight excluding hydrogens is 273 g/mol. The molecule has 0 radical (unpaired) electrons. The smallest absolute Gasteiger partial charge is 0.253 e. The molecule has 0 unspecified atom stereocenters. The number of amides is 2. The second-order valence-corrected chi connectivity index (χ2v) is 5.81. The standard InChI is InChI=1S/C15H20FN3O2/c1-15(2,17)14(21)19-9-7-18(8-10-19)13(20)11-3-5-12(16)6-4-11/h3-6H,7-10,17H2,1-2H3. The normalized spacial score (nSPS) is 16.0. The van der Waals surface area contributed by atoms with E-state index in [0.29, 0.717) is 31.7 Å². The van der Waals surface area contributed by atoms with Crippen LogP contribution in [0.3, 0.4) is 0 Å². The van der Waals surface area contributed by atoms with Crippen molar-refractivity contribution in [3.05, 3.63) is 35.6 Å². The second kappa shape index (κ2) is 5.81. The van der Waals surface area contributed by atoms with Crippen LogP contribution in [-0.4, -0.2) is 53.3 Å². The molecule has 1 saturated heterocycles. The number of nitrogens with two attached hydrogens (primary N) is 1. The summed E-state index contributed by atoms with van der Waals surface area (Å²) in [6.07, 6.45) is 0. The maximum Gasteiger partial charge on any atom is 0.253 e. The third-order valence-electron chi connectivity index (χ3n) is 3.50. The second-order valence-electron chi connectivity index (χ2n) is 5.81. The van der Waals surface area contributed by atoms with Crippen molar-refractivity contribution in [1.82, 2.24) is 9.80 Å². The lowest BCUT2D eigenvalue weighted by Gasteiger charge is -2.37. The first kappa shape index (κ1) is 15.4. The summed E-state index contributed by atoms with van der Waals surface area (Å²) in [6.45, 7) is 5.19. The third-order valence-corrected chi connectivity index (χ3v) is 3.50. The molecule has 0 spiro atoms. The van der Waals surface area contributed by atoms with Gasteiger partial charge in [-0.2, -0.15) is 0 Å². The molecule has 0 saturated carbocycles. The highest BCUT2D eigenvalue weighted by Crippen LogP contribution is 2.12. The highest BCUT2D eigenvalue weighted by Gasteiger charge is 2.31. The maximum absolute atomic E-state index is 12.9. The molecule has 1 aliphatic rings. The minimum Gasteiger partial charge on any atom is -0.338 e. The average Bonchev–Trinajstić information content (AvgIpc) is 2.46. The molecule has 114 valence electrons. The van der Waals surface area contributed by atoms with Gasteiger partial charge < -0.3 is 15.5 Å². The van der Waals surface area contributed by atoms with Crippen molar-refractivity contribution in [2.24, 2.45) is 5.73 Å². The molecule has 21 heavy (non-hydrogen) atoms. The van der Waals surface area contributed by atoms with Gasteiger partial charge in [0.25, 0.3) is 5.91 Å². The SMILES string of the molecule is CC(C)(N)C(=O)N1CCN(C(=O)c2ccc(F)cc2)CC1. The van der Waals surface area contributed by atoms with Crippen LogP contribution in [0.4, 0.5) is 4.39 Å².